The van der Waals surface area contributed by atoms with E-state index in [1.807, 2.05) is 0 Å². The topological polar surface area (TPSA) is 116 Å². The van der Waals surface area contributed by atoms with Crippen molar-refractivity contribution < 1.29 is 47.2 Å². The molecule has 0 radical (unpaired) electrons. The Morgan fingerprint density at radius 3 is 2.24 bits per heavy atom. The van der Waals surface area contributed by atoms with E-state index in [1.165, 1.54) is 12.2 Å². The number of hydrogen-bond donors (Lipinski definition) is 0. The summed E-state index contributed by atoms with van der Waals surface area (Å²) in [5.41, 5.74) is 0. The van der Waals surface area contributed by atoms with Gasteiger partial charge in [-0.1, -0.05) is 20.8 Å². The summed E-state index contributed by atoms with van der Waals surface area (Å²) >= 11 is 0. The molecule has 1 aliphatic rings. The first kappa shape index (κ1) is 33.2. The lowest BCUT2D eigenvalue weighted by Crippen LogP contribution is -2.47. The van der Waals surface area contributed by atoms with Gasteiger partial charge in [0.15, 0.2) is 8.32 Å². The second kappa shape index (κ2) is 15.6. The fourth-order valence-corrected chi connectivity index (χ4v) is 4.65. The van der Waals surface area contributed by atoms with Crippen LogP contribution in [0, 0.1) is 0 Å². The fourth-order valence-electron chi connectivity index (χ4n) is 3.23. The molecule has 1 heterocycles. The van der Waals surface area contributed by atoms with E-state index in [-0.39, 0.29) is 24.7 Å². The SMILES string of the molecule is COCCOCO[C@@H]1/C=C/C(=O)O[C@H](C)CC(=O)O[C@@H](C)[C@H](O[Si](C)(C)C(C)(C)C)CCC(=O)O[C@H]1C. The van der Waals surface area contributed by atoms with Gasteiger partial charge < -0.3 is 32.8 Å². The molecule has 0 saturated carbocycles. The minimum Gasteiger partial charge on any atom is -0.460 e. The van der Waals surface area contributed by atoms with Gasteiger partial charge in [0, 0.05) is 19.6 Å². The van der Waals surface area contributed by atoms with Gasteiger partial charge >= 0.3 is 17.9 Å². The molecule has 0 spiro atoms. The smallest absolute Gasteiger partial charge is 0.330 e. The predicted molar refractivity (Wildman–Crippen MR) is 139 cm³/mol. The Morgan fingerprint density at radius 2 is 1.62 bits per heavy atom. The molecule has 0 aromatic rings. The molecule has 0 N–H and O–H groups in total. The largest absolute Gasteiger partial charge is 0.460 e. The first-order valence-electron chi connectivity index (χ1n) is 12.8. The van der Waals surface area contributed by atoms with Crippen LogP contribution in [0.3, 0.4) is 0 Å². The van der Waals surface area contributed by atoms with Crippen LogP contribution in [0.1, 0.15) is 60.8 Å². The standard InChI is InChI=1S/C26H46O10Si/c1-18-16-25(29)35-20(3)22(36-37(8,9)26(4,5)6)11-13-24(28)34-19(2)21(10-12-23(27)33-18)32-17-31-15-14-30-7/h10,12,18-22H,11,13-17H2,1-9H3/b12-10+/t18-,19+,20+,21-,22-/m1/s1. The van der Waals surface area contributed by atoms with Crippen molar-refractivity contribution in [1.29, 1.82) is 0 Å². The Bertz CT molecular complexity index is 761. The lowest BCUT2D eigenvalue weighted by atomic mass is 10.1. The van der Waals surface area contributed by atoms with E-state index in [0.717, 1.165) is 0 Å². The molecule has 0 saturated heterocycles. The summed E-state index contributed by atoms with van der Waals surface area (Å²) in [6.07, 6.45) is -0.371. The lowest BCUT2D eigenvalue weighted by molar-refractivity contribution is -0.163. The third-order valence-electron chi connectivity index (χ3n) is 6.48. The quantitative estimate of drug-likeness (QED) is 0.146. The van der Waals surface area contributed by atoms with E-state index >= 15 is 0 Å². The zero-order valence-corrected chi connectivity index (χ0v) is 24.9. The third-order valence-corrected chi connectivity index (χ3v) is 11.0. The molecule has 37 heavy (non-hydrogen) atoms. The van der Waals surface area contributed by atoms with Crippen molar-refractivity contribution in [3.05, 3.63) is 12.2 Å². The van der Waals surface area contributed by atoms with E-state index in [2.05, 4.69) is 33.9 Å². The maximum atomic E-state index is 12.7. The molecule has 0 bridgehead atoms. The Morgan fingerprint density at radius 1 is 0.973 bits per heavy atom. The van der Waals surface area contributed by atoms with E-state index < -0.39 is 56.7 Å². The van der Waals surface area contributed by atoms with Gasteiger partial charge in [0.2, 0.25) is 0 Å². The molecule has 10 nitrogen and oxygen atoms in total. The molecule has 0 amide bonds. The van der Waals surface area contributed by atoms with Gasteiger partial charge in [-0.3, -0.25) is 9.59 Å². The first-order valence-corrected chi connectivity index (χ1v) is 15.7. The number of rotatable bonds is 8. The van der Waals surface area contributed by atoms with Crippen molar-refractivity contribution in [2.45, 2.75) is 109 Å². The van der Waals surface area contributed by atoms with Crippen molar-refractivity contribution in [3.8, 4) is 0 Å². The van der Waals surface area contributed by atoms with Crippen molar-refractivity contribution in [2.75, 3.05) is 27.1 Å². The van der Waals surface area contributed by atoms with Gasteiger partial charge in [-0.05, 0) is 51.4 Å². The molecule has 11 heteroatoms. The Balaban J connectivity index is 3.09. The molecule has 0 unspecified atom stereocenters. The van der Waals surface area contributed by atoms with Gasteiger partial charge in [-0.15, -0.1) is 0 Å². The summed E-state index contributed by atoms with van der Waals surface area (Å²) < 4.78 is 39.0. The van der Waals surface area contributed by atoms with E-state index in [9.17, 15) is 14.4 Å². The summed E-state index contributed by atoms with van der Waals surface area (Å²) in [4.78, 5) is 37.6. The maximum absolute atomic E-state index is 12.7. The number of ether oxygens (including phenoxy) is 6. The number of carbonyl (C=O) groups is 3. The van der Waals surface area contributed by atoms with E-state index in [4.69, 9.17) is 32.8 Å². The van der Waals surface area contributed by atoms with Gasteiger partial charge in [0.05, 0.1) is 25.7 Å². The zero-order valence-electron chi connectivity index (χ0n) is 23.9. The molecule has 1 rings (SSSR count). The lowest BCUT2D eigenvalue weighted by Gasteiger charge is -2.40. The summed E-state index contributed by atoms with van der Waals surface area (Å²) in [6, 6.07) is 0. The molecule has 0 aromatic carbocycles. The highest BCUT2D eigenvalue weighted by Gasteiger charge is 2.41. The Labute approximate surface area is 222 Å². The van der Waals surface area contributed by atoms with Crippen LogP contribution in [0.25, 0.3) is 0 Å². The third kappa shape index (κ3) is 12.5. The number of esters is 3. The number of methoxy groups -OCH3 is 1. The van der Waals surface area contributed by atoms with Crippen LogP contribution in [-0.4, -0.2) is 83.9 Å². The number of hydrogen-bond acceptors (Lipinski definition) is 10. The highest BCUT2D eigenvalue weighted by molar-refractivity contribution is 6.74. The maximum Gasteiger partial charge on any atom is 0.330 e. The molecule has 1 aliphatic heterocycles. The van der Waals surface area contributed by atoms with Crippen molar-refractivity contribution in [3.63, 3.8) is 0 Å². The Hall–Kier alpha value is -1.79. The number of carbonyl (C=O) groups excluding carboxylic acids is 3. The highest BCUT2D eigenvalue weighted by Crippen LogP contribution is 2.38. The molecular weight excluding hydrogens is 500 g/mol. The van der Waals surface area contributed by atoms with Crippen LogP contribution >= 0.6 is 0 Å². The summed E-state index contributed by atoms with van der Waals surface area (Å²) in [5, 5.41) is -0.0774. The van der Waals surface area contributed by atoms with Crippen LogP contribution in [0.15, 0.2) is 12.2 Å². The van der Waals surface area contributed by atoms with Crippen LogP contribution < -0.4 is 0 Å². The molecular formula is C26H46O10Si. The van der Waals surface area contributed by atoms with Crippen LogP contribution in [0.2, 0.25) is 18.1 Å². The van der Waals surface area contributed by atoms with Gasteiger partial charge in [0.1, 0.15) is 31.2 Å². The second-order valence-corrected chi connectivity index (χ2v) is 15.6. The van der Waals surface area contributed by atoms with Crippen LogP contribution in [-0.2, 0) is 47.2 Å². The van der Waals surface area contributed by atoms with E-state index in [1.54, 1.807) is 27.9 Å². The van der Waals surface area contributed by atoms with Gasteiger partial charge in [-0.25, -0.2) is 4.79 Å². The monoisotopic (exact) mass is 546 g/mol. The van der Waals surface area contributed by atoms with E-state index in [0.29, 0.717) is 19.6 Å². The summed E-state index contributed by atoms with van der Waals surface area (Å²) in [7, 11) is -0.677. The predicted octanol–water partition coefficient (Wildman–Crippen LogP) is 3.92. The first-order chi connectivity index (χ1) is 17.2. The summed E-state index contributed by atoms with van der Waals surface area (Å²) in [6.45, 7) is 16.2. The Kier molecular flexibility index (Phi) is 14.0. The second-order valence-electron chi connectivity index (χ2n) is 10.8. The molecule has 0 aromatic heterocycles. The summed E-state index contributed by atoms with van der Waals surface area (Å²) in [5.74, 6) is -1.63. The van der Waals surface area contributed by atoms with Gasteiger partial charge in [0.25, 0.3) is 0 Å². The molecule has 0 aliphatic carbocycles. The number of cyclic esters (lactones) is 3. The molecule has 5 atom stereocenters. The normalized spacial score (nSPS) is 28.2. The van der Waals surface area contributed by atoms with Crippen LogP contribution in [0.4, 0.5) is 0 Å². The highest BCUT2D eigenvalue weighted by atomic mass is 28.4. The molecule has 214 valence electrons. The fraction of sp³-hybridized carbons (Fsp3) is 0.808. The zero-order chi connectivity index (χ0) is 28.2. The molecule has 0 fully saturated rings. The minimum atomic E-state index is -2.24. The average molecular weight is 547 g/mol. The van der Waals surface area contributed by atoms with Crippen molar-refractivity contribution in [1.82, 2.24) is 0 Å². The van der Waals surface area contributed by atoms with Crippen molar-refractivity contribution >= 4 is 26.2 Å². The average Bonchev–Trinajstić information content (AvgIpc) is 2.76. The van der Waals surface area contributed by atoms with Gasteiger partial charge in [-0.2, -0.15) is 0 Å². The minimum absolute atomic E-state index is 0.0603. The van der Waals surface area contributed by atoms with Crippen LogP contribution in [0.5, 0.6) is 0 Å². The van der Waals surface area contributed by atoms with Crippen molar-refractivity contribution in [2.24, 2.45) is 0 Å².